The van der Waals surface area contributed by atoms with E-state index in [1.165, 1.54) is 33.2 Å². The first-order valence-electron chi connectivity index (χ1n) is 12.8. The molecule has 0 bridgehead atoms. The minimum atomic E-state index is -3.43. The summed E-state index contributed by atoms with van der Waals surface area (Å²) in [5.74, 6) is -5.64. The van der Waals surface area contributed by atoms with Gasteiger partial charge in [0.05, 0.1) is 24.8 Å². The Morgan fingerprint density at radius 1 is 1.05 bits per heavy atom. The first-order chi connectivity index (χ1) is 19.3. The number of aromatic nitrogens is 1. The maximum Gasteiger partial charge on any atom is 0.280 e. The van der Waals surface area contributed by atoms with Gasteiger partial charge in [-0.15, -0.1) is 11.3 Å². The number of rotatable bonds is 1. The van der Waals surface area contributed by atoms with Crippen molar-refractivity contribution < 1.29 is 27.8 Å². The third kappa shape index (κ3) is 2.93. The molecule has 4 aliphatic rings. The summed E-state index contributed by atoms with van der Waals surface area (Å²) in [6.07, 6.45) is 0.105. The van der Waals surface area contributed by atoms with Gasteiger partial charge in [0.15, 0.2) is 11.4 Å². The number of halogens is 3. The predicted molar refractivity (Wildman–Crippen MR) is 141 cm³/mol. The van der Waals surface area contributed by atoms with Crippen LogP contribution in [-0.4, -0.2) is 46.5 Å². The van der Waals surface area contributed by atoms with Crippen LogP contribution in [0, 0.1) is 5.82 Å². The molecule has 11 heteroatoms. The highest BCUT2D eigenvalue weighted by Crippen LogP contribution is 2.58. The number of alkyl halides is 2. The second-order valence-electron chi connectivity index (χ2n) is 10.4. The lowest BCUT2D eigenvalue weighted by Crippen LogP contribution is -2.66. The van der Waals surface area contributed by atoms with Crippen LogP contribution in [0.3, 0.4) is 0 Å². The van der Waals surface area contributed by atoms with E-state index in [-0.39, 0.29) is 31.0 Å². The van der Waals surface area contributed by atoms with Crippen molar-refractivity contribution in [1.29, 1.82) is 0 Å². The summed E-state index contributed by atoms with van der Waals surface area (Å²) in [7, 11) is 0. The molecule has 1 saturated heterocycles. The number of hydrogen-bond acceptors (Lipinski definition) is 6. The Morgan fingerprint density at radius 2 is 1.88 bits per heavy atom. The van der Waals surface area contributed by atoms with Gasteiger partial charge in [-0.1, -0.05) is 30.3 Å². The van der Waals surface area contributed by atoms with E-state index in [2.05, 4.69) is 0 Å². The third-order valence-corrected chi connectivity index (χ3v) is 9.38. The van der Waals surface area contributed by atoms with Gasteiger partial charge in [-0.2, -0.15) is 0 Å². The Balaban J connectivity index is 1.51. The molecule has 1 fully saturated rings. The molecular weight excluding hydrogens is 543 g/mol. The first-order valence-corrected chi connectivity index (χ1v) is 13.7. The molecule has 2 aromatic carbocycles. The molecule has 202 valence electrons. The van der Waals surface area contributed by atoms with Crippen LogP contribution in [0.4, 0.5) is 13.2 Å². The van der Waals surface area contributed by atoms with Crippen molar-refractivity contribution >= 4 is 17.2 Å². The SMILES string of the molecule is O=C1c2c(O)c(=O)ccn2N(C2c3ccccc3-c3scc4c3-c3c2ccc(F)c3C(F)(F)C4)C2COCCN12. The lowest BCUT2D eigenvalue weighted by atomic mass is 9.80. The van der Waals surface area contributed by atoms with E-state index >= 15 is 13.2 Å². The van der Waals surface area contributed by atoms with Crippen molar-refractivity contribution in [3.05, 3.63) is 98.0 Å². The summed E-state index contributed by atoms with van der Waals surface area (Å²) in [4.78, 5) is 28.3. The molecule has 2 atom stereocenters. The van der Waals surface area contributed by atoms with E-state index in [1.807, 2.05) is 24.3 Å². The van der Waals surface area contributed by atoms with Crippen LogP contribution in [0.15, 0.2) is 58.8 Å². The van der Waals surface area contributed by atoms with Gasteiger partial charge in [0.1, 0.15) is 12.0 Å². The maximum atomic E-state index is 15.6. The van der Waals surface area contributed by atoms with Crippen molar-refractivity contribution in [3.63, 3.8) is 0 Å². The van der Waals surface area contributed by atoms with E-state index in [0.29, 0.717) is 16.7 Å². The fraction of sp³-hybridized carbons (Fsp3) is 0.241. The van der Waals surface area contributed by atoms with E-state index in [0.717, 1.165) is 28.1 Å². The molecule has 4 heterocycles. The molecule has 2 aromatic heterocycles. The molecule has 7 nitrogen and oxygen atoms in total. The summed E-state index contributed by atoms with van der Waals surface area (Å²) in [5, 5.41) is 14.3. The zero-order valence-corrected chi connectivity index (χ0v) is 21.6. The second-order valence-corrected chi connectivity index (χ2v) is 11.3. The maximum absolute atomic E-state index is 15.6. The number of fused-ring (bicyclic) bond motifs is 4. The van der Waals surface area contributed by atoms with E-state index in [9.17, 15) is 14.7 Å². The van der Waals surface area contributed by atoms with Crippen molar-refractivity contribution in [2.75, 3.05) is 24.8 Å². The number of benzene rings is 2. The fourth-order valence-electron chi connectivity index (χ4n) is 6.70. The predicted octanol–water partition coefficient (Wildman–Crippen LogP) is 4.59. The Labute approximate surface area is 229 Å². The van der Waals surface area contributed by atoms with Gasteiger partial charge in [0, 0.05) is 41.2 Å². The van der Waals surface area contributed by atoms with Gasteiger partial charge in [0.2, 0.25) is 5.43 Å². The van der Waals surface area contributed by atoms with Gasteiger partial charge in [-0.05, 0) is 33.7 Å². The number of hydrogen-bond donors (Lipinski definition) is 1. The van der Waals surface area contributed by atoms with E-state index < -0.39 is 53.0 Å². The number of aromatic hydroxyl groups is 1. The lowest BCUT2D eigenvalue weighted by Gasteiger charge is -2.51. The summed E-state index contributed by atoms with van der Waals surface area (Å²) in [6, 6.07) is 10.5. The molecule has 8 rings (SSSR count). The molecule has 2 aliphatic heterocycles. The van der Waals surface area contributed by atoms with E-state index in [1.54, 1.807) is 10.4 Å². The number of thiophene rings is 1. The highest BCUT2D eigenvalue weighted by Gasteiger charge is 2.50. The summed E-state index contributed by atoms with van der Waals surface area (Å²) < 4.78 is 53.8. The topological polar surface area (TPSA) is 75.0 Å². The van der Waals surface area contributed by atoms with E-state index in [4.69, 9.17) is 4.74 Å². The summed E-state index contributed by atoms with van der Waals surface area (Å²) in [6.45, 7) is 0.561. The van der Waals surface area contributed by atoms with Crippen LogP contribution in [0.25, 0.3) is 21.6 Å². The molecule has 2 unspecified atom stereocenters. The summed E-state index contributed by atoms with van der Waals surface area (Å²) >= 11 is 1.35. The highest BCUT2D eigenvalue weighted by molar-refractivity contribution is 7.14. The van der Waals surface area contributed by atoms with Crippen LogP contribution in [0.1, 0.15) is 38.8 Å². The number of pyridine rings is 1. The van der Waals surface area contributed by atoms with Crippen molar-refractivity contribution in [1.82, 2.24) is 9.58 Å². The Morgan fingerprint density at radius 3 is 2.73 bits per heavy atom. The minimum Gasteiger partial charge on any atom is -0.502 e. The molecule has 1 N–H and O–H groups in total. The Hall–Kier alpha value is -4.09. The van der Waals surface area contributed by atoms with Gasteiger partial charge in [-0.3, -0.25) is 19.3 Å². The Kier molecular flexibility index (Phi) is 4.74. The summed E-state index contributed by atoms with van der Waals surface area (Å²) in [5.41, 5.74) is 1.63. The number of ether oxygens (including phenoxy) is 1. The number of morpholine rings is 1. The monoisotopic (exact) mass is 563 g/mol. The van der Waals surface area contributed by atoms with Gasteiger partial charge >= 0.3 is 0 Å². The van der Waals surface area contributed by atoms with Gasteiger partial charge in [0.25, 0.3) is 11.8 Å². The molecule has 2 aliphatic carbocycles. The van der Waals surface area contributed by atoms with Crippen molar-refractivity contribution in [2.45, 2.75) is 24.6 Å². The normalized spacial score (nSPS) is 21.7. The zero-order valence-electron chi connectivity index (χ0n) is 20.7. The van der Waals surface area contributed by atoms with Crippen LogP contribution in [0.5, 0.6) is 5.75 Å². The van der Waals surface area contributed by atoms with Crippen LogP contribution in [-0.2, 0) is 17.1 Å². The van der Waals surface area contributed by atoms with Gasteiger partial charge in [-0.25, -0.2) is 13.2 Å². The molecule has 40 heavy (non-hydrogen) atoms. The molecular formula is C29H20F3N3O4S. The second kappa shape index (κ2) is 7.98. The zero-order chi connectivity index (χ0) is 27.5. The average molecular weight is 564 g/mol. The quantitative estimate of drug-likeness (QED) is 0.367. The smallest absolute Gasteiger partial charge is 0.280 e. The largest absolute Gasteiger partial charge is 0.502 e. The third-order valence-electron chi connectivity index (χ3n) is 8.32. The first kappa shape index (κ1) is 23.8. The van der Waals surface area contributed by atoms with Crippen molar-refractivity contribution in [3.8, 4) is 27.3 Å². The van der Waals surface area contributed by atoms with Crippen LogP contribution < -0.4 is 10.4 Å². The number of carbonyl (C=O) groups is 1. The lowest BCUT2D eigenvalue weighted by molar-refractivity contribution is -0.0197. The highest BCUT2D eigenvalue weighted by atomic mass is 32.1. The Bertz CT molecular complexity index is 1830. The molecule has 0 radical (unpaired) electrons. The van der Waals surface area contributed by atoms with Crippen LogP contribution >= 0.6 is 11.3 Å². The molecule has 0 spiro atoms. The average Bonchev–Trinajstić information content (AvgIpc) is 3.30. The molecule has 1 amide bonds. The fourth-order valence-corrected chi connectivity index (χ4v) is 7.82. The number of nitrogens with zero attached hydrogens (tertiary/aromatic N) is 3. The minimum absolute atomic E-state index is 0.101. The number of amides is 1. The standard InChI is InChI=1S/C29H20F3N3O4S/c30-18-6-5-17-22-21-14(11-29(31,32)23(18)22)13-40-27(21)16-4-2-1-3-15(16)24(17)35-20-12-39-10-9-33(20)28(38)25-26(37)19(36)7-8-34(25)35/h1-8,13,20,24,37H,9-12H2. The molecule has 0 saturated carbocycles. The van der Waals surface area contributed by atoms with Crippen molar-refractivity contribution in [2.24, 2.45) is 0 Å². The van der Waals surface area contributed by atoms with Gasteiger partial charge < -0.3 is 14.7 Å². The number of carbonyl (C=O) groups excluding carboxylic acids is 1. The molecule has 4 aromatic rings. The van der Waals surface area contributed by atoms with Crippen LogP contribution in [0.2, 0.25) is 0 Å².